The molecule has 1 atom stereocenters. The molecule has 1 unspecified atom stereocenters. The zero-order valence-electron chi connectivity index (χ0n) is 13.8. The van der Waals surface area contributed by atoms with E-state index in [1.165, 1.54) is 18.3 Å². The second-order valence-electron chi connectivity index (χ2n) is 5.78. The molecule has 3 rings (SSSR count). The van der Waals surface area contributed by atoms with Crippen molar-refractivity contribution in [2.45, 2.75) is 19.9 Å². The van der Waals surface area contributed by atoms with Crippen molar-refractivity contribution < 1.29 is 9.18 Å². The summed E-state index contributed by atoms with van der Waals surface area (Å²) in [5, 5.41) is 7.81. The van der Waals surface area contributed by atoms with Crippen LogP contribution in [0.2, 0.25) is 5.02 Å². The van der Waals surface area contributed by atoms with Gasteiger partial charge in [0.15, 0.2) is 0 Å². The van der Waals surface area contributed by atoms with Crippen LogP contribution in [-0.4, -0.2) is 15.7 Å². The molecule has 0 saturated heterocycles. The Kier molecular flexibility index (Phi) is 4.86. The molecule has 1 amide bonds. The fourth-order valence-electron chi connectivity index (χ4n) is 2.61. The van der Waals surface area contributed by atoms with Crippen molar-refractivity contribution >= 4 is 17.5 Å². The summed E-state index contributed by atoms with van der Waals surface area (Å²) in [5.74, 6) is -0.541. The molecule has 4 nitrogen and oxygen atoms in total. The van der Waals surface area contributed by atoms with Crippen LogP contribution in [0.3, 0.4) is 0 Å². The minimum Gasteiger partial charge on any atom is -0.345 e. The van der Waals surface area contributed by atoms with E-state index in [9.17, 15) is 9.18 Å². The number of hydrogen-bond acceptors (Lipinski definition) is 2. The van der Waals surface area contributed by atoms with Crippen LogP contribution in [0.25, 0.3) is 5.69 Å². The molecule has 1 aromatic heterocycles. The van der Waals surface area contributed by atoms with Crippen LogP contribution in [0.1, 0.15) is 34.6 Å². The lowest BCUT2D eigenvalue weighted by molar-refractivity contribution is 0.0939. The van der Waals surface area contributed by atoms with Crippen LogP contribution in [0, 0.1) is 12.7 Å². The van der Waals surface area contributed by atoms with Crippen molar-refractivity contribution in [3.8, 4) is 5.69 Å². The van der Waals surface area contributed by atoms with E-state index in [1.54, 1.807) is 29.8 Å². The highest BCUT2D eigenvalue weighted by Crippen LogP contribution is 2.19. The number of amides is 1. The number of aromatic nitrogens is 2. The number of nitrogens with one attached hydrogen (secondary N) is 1. The molecule has 0 bridgehead atoms. The highest BCUT2D eigenvalue weighted by atomic mass is 35.5. The minimum atomic E-state index is -0.318. The van der Waals surface area contributed by atoms with Gasteiger partial charge < -0.3 is 5.32 Å². The lowest BCUT2D eigenvalue weighted by Crippen LogP contribution is -2.27. The summed E-state index contributed by atoms with van der Waals surface area (Å²) >= 11 is 6.00. The first-order valence-electron chi connectivity index (χ1n) is 7.82. The fraction of sp³-hybridized carbons (Fsp3) is 0.158. The Morgan fingerprint density at radius 1 is 1.24 bits per heavy atom. The molecule has 128 valence electrons. The van der Waals surface area contributed by atoms with Crippen LogP contribution in [0.15, 0.2) is 54.7 Å². The summed E-state index contributed by atoms with van der Waals surface area (Å²) in [6, 6.07) is 13.1. The Labute approximate surface area is 150 Å². The first kappa shape index (κ1) is 17.2. The van der Waals surface area contributed by atoms with Crippen molar-refractivity contribution in [2.24, 2.45) is 0 Å². The highest BCUT2D eigenvalue weighted by molar-refractivity contribution is 6.30. The second kappa shape index (κ2) is 7.07. The lowest BCUT2D eigenvalue weighted by Gasteiger charge is -2.14. The molecule has 1 heterocycles. The fourth-order valence-corrected chi connectivity index (χ4v) is 2.81. The molecule has 0 aliphatic heterocycles. The molecule has 0 aliphatic rings. The molecule has 0 spiro atoms. The lowest BCUT2D eigenvalue weighted by atomic mass is 10.1. The van der Waals surface area contributed by atoms with Gasteiger partial charge in [-0.3, -0.25) is 4.79 Å². The first-order valence-corrected chi connectivity index (χ1v) is 8.20. The Morgan fingerprint density at radius 2 is 1.96 bits per heavy atom. The van der Waals surface area contributed by atoms with E-state index in [0.29, 0.717) is 22.0 Å². The van der Waals surface area contributed by atoms with Crippen LogP contribution in [0.4, 0.5) is 4.39 Å². The Morgan fingerprint density at radius 3 is 2.64 bits per heavy atom. The Balaban J connectivity index is 1.80. The van der Waals surface area contributed by atoms with Gasteiger partial charge in [0, 0.05) is 5.02 Å². The van der Waals surface area contributed by atoms with Gasteiger partial charge >= 0.3 is 0 Å². The topological polar surface area (TPSA) is 46.9 Å². The van der Waals surface area contributed by atoms with E-state index in [-0.39, 0.29) is 17.8 Å². The van der Waals surface area contributed by atoms with Gasteiger partial charge in [-0.1, -0.05) is 23.7 Å². The highest BCUT2D eigenvalue weighted by Gasteiger charge is 2.17. The van der Waals surface area contributed by atoms with Gasteiger partial charge in [-0.05, 0) is 55.8 Å². The maximum absolute atomic E-state index is 13.1. The molecule has 0 radical (unpaired) electrons. The molecule has 25 heavy (non-hydrogen) atoms. The van der Waals surface area contributed by atoms with Crippen molar-refractivity contribution in [3.63, 3.8) is 0 Å². The summed E-state index contributed by atoms with van der Waals surface area (Å²) in [4.78, 5) is 12.6. The number of hydrogen-bond donors (Lipinski definition) is 1. The number of benzene rings is 2. The van der Waals surface area contributed by atoms with Crippen LogP contribution in [0.5, 0.6) is 0 Å². The number of nitrogens with zero attached hydrogens (tertiary/aromatic N) is 2. The van der Waals surface area contributed by atoms with Crippen LogP contribution < -0.4 is 5.32 Å². The predicted molar refractivity (Wildman–Crippen MR) is 95.6 cm³/mol. The summed E-state index contributed by atoms with van der Waals surface area (Å²) < 4.78 is 14.7. The average molecular weight is 358 g/mol. The van der Waals surface area contributed by atoms with Gasteiger partial charge in [0.1, 0.15) is 5.82 Å². The molecule has 0 saturated carbocycles. The quantitative estimate of drug-likeness (QED) is 0.749. The van der Waals surface area contributed by atoms with Gasteiger partial charge in [-0.25, -0.2) is 9.07 Å². The van der Waals surface area contributed by atoms with Crippen molar-refractivity contribution in [1.82, 2.24) is 15.1 Å². The standard InChI is InChI=1S/C19H17ClFN3O/c1-12(14-4-3-5-15(20)10-14)23-19(25)18-11-22-24(13(18)2)17-8-6-16(21)7-9-17/h3-12H,1-2H3,(H,23,25). The Bertz CT molecular complexity index is 905. The Hall–Kier alpha value is -2.66. The minimum absolute atomic E-state index is 0.195. The summed E-state index contributed by atoms with van der Waals surface area (Å²) in [7, 11) is 0. The van der Waals surface area contributed by atoms with Crippen molar-refractivity contribution in [3.05, 3.63) is 82.4 Å². The molecule has 2 aromatic carbocycles. The smallest absolute Gasteiger partial charge is 0.255 e. The van der Waals surface area contributed by atoms with E-state index in [1.807, 2.05) is 25.1 Å². The number of carbonyl (C=O) groups excluding carboxylic acids is 1. The van der Waals surface area contributed by atoms with Gasteiger partial charge in [0.25, 0.3) is 5.91 Å². The normalized spacial score (nSPS) is 12.0. The third-order valence-electron chi connectivity index (χ3n) is 4.02. The van der Waals surface area contributed by atoms with E-state index in [2.05, 4.69) is 10.4 Å². The van der Waals surface area contributed by atoms with Gasteiger partial charge in [-0.15, -0.1) is 0 Å². The van der Waals surface area contributed by atoms with E-state index < -0.39 is 0 Å². The van der Waals surface area contributed by atoms with E-state index in [0.717, 1.165) is 5.56 Å². The molecule has 0 fully saturated rings. The third-order valence-corrected chi connectivity index (χ3v) is 4.26. The summed E-state index contributed by atoms with van der Waals surface area (Å²) in [5.41, 5.74) is 2.77. The van der Waals surface area contributed by atoms with Crippen LogP contribution in [-0.2, 0) is 0 Å². The van der Waals surface area contributed by atoms with E-state index in [4.69, 9.17) is 11.6 Å². The van der Waals surface area contributed by atoms with Gasteiger partial charge in [0.05, 0.1) is 29.2 Å². The molecule has 1 N–H and O–H groups in total. The molecule has 6 heteroatoms. The maximum atomic E-state index is 13.1. The summed E-state index contributed by atoms with van der Waals surface area (Å²) in [6.45, 7) is 3.69. The van der Waals surface area contributed by atoms with Gasteiger partial charge in [0.2, 0.25) is 0 Å². The maximum Gasteiger partial charge on any atom is 0.255 e. The van der Waals surface area contributed by atoms with Gasteiger partial charge in [-0.2, -0.15) is 5.10 Å². The number of halogens is 2. The van der Waals surface area contributed by atoms with Crippen LogP contribution >= 0.6 is 11.6 Å². The predicted octanol–water partition coefficient (Wildman–Crippen LogP) is 4.46. The molecular weight excluding hydrogens is 341 g/mol. The third kappa shape index (κ3) is 3.72. The monoisotopic (exact) mass is 357 g/mol. The van der Waals surface area contributed by atoms with E-state index >= 15 is 0 Å². The number of carbonyl (C=O) groups is 1. The first-order chi connectivity index (χ1) is 12.0. The largest absolute Gasteiger partial charge is 0.345 e. The molecule has 3 aromatic rings. The molecular formula is C19H17ClFN3O. The molecule has 0 aliphatic carbocycles. The zero-order valence-corrected chi connectivity index (χ0v) is 14.6. The SMILES string of the molecule is Cc1c(C(=O)NC(C)c2cccc(Cl)c2)cnn1-c1ccc(F)cc1. The second-order valence-corrected chi connectivity index (χ2v) is 6.22. The van der Waals surface area contributed by atoms with Crippen molar-refractivity contribution in [1.29, 1.82) is 0 Å². The van der Waals surface area contributed by atoms with Crippen molar-refractivity contribution in [2.75, 3.05) is 0 Å². The summed E-state index contributed by atoms with van der Waals surface area (Å²) in [6.07, 6.45) is 1.51. The number of rotatable bonds is 4. The average Bonchev–Trinajstić information content (AvgIpc) is 2.97. The zero-order chi connectivity index (χ0) is 18.0.